The first-order valence-electron chi connectivity index (χ1n) is 13.2. The van der Waals surface area contributed by atoms with E-state index in [0.717, 1.165) is 17.3 Å². The number of halogens is 1. The van der Waals surface area contributed by atoms with E-state index in [4.69, 9.17) is 9.97 Å². The number of nitrogens with one attached hydrogen (secondary N) is 3. The molecule has 212 valence electrons. The second kappa shape index (κ2) is 10.8. The molecule has 0 bridgehead atoms. The summed E-state index contributed by atoms with van der Waals surface area (Å²) in [7, 11) is -3.19. The van der Waals surface area contributed by atoms with E-state index >= 15 is 0 Å². The van der Waals surface area contributed by atoms with Crippen molar-refractivity contribution in [1.29, 1.82) is 0 Å². The maximum atomic E-state index is 14.6. The van der Waals surface area contributed by atoms with Crippen LogP contribution in [0.4, 0.5) is 10.1 Å². The second-order valence-corrected chi connectivity index (χ2v) is 12.3. The Hall–Kier alpha value is -4.97. The number of rotatable bonds is 8. The molecule has 0 aliphatic carbocycles. The van der Waals surface area contributed by atoms with Crippen LogP contribution >= 0.6 is 0 Å². The minimum Gasteiger partial charge on any atom is -0.336 e. The Kier molecular flexibility index (Phi) is 6.99. The number of aromatic nitrogens is 6. The van der Waals surface area contributed by atoms with Crippen molar-refractivity contribution >= 4 is 43.5 Å². The van der Waals surface area contributed by atoms with Gasteiger partial charge in [0, 0.05) is 30.0 Å². The Morgan fingerprint density at radius 2 is 1.83 bits per heavy atom. The molecule has 0 unspecified atom stereocenters. The molecule has 42 heavy (non-hydrogen) atoms. The predicted octanol–water partition coefficient (Wildman–Crippen LogP) is 5.30. The van der Waals surface area contributed by atoms with Gasteiger partial charge in [-0.25, -0.2) is 22.8 Å². The maximum Gasteiger partial charge on any atom is 0.224 e. The Labute approximate surface area is 240 Å². The number of sulfone groups is 1. The van der Waals surface area contributed by atoms with Gasteiger partial charge in [-0.15, -0.1) is 0 Å². The molecule has 2 aromatic carbocycles. The van der Waals surface area contributed by atoms with Gasteiger partial charge in [0.05, 0.1) is 39.9 Å². The third-order valence-corrected chi connectivity index (χ3v) is 7.76. The summed E-state index contributed by atoms with van der Waals surface area (Å²) < 4.78 is 37.9. The lowest BCUT2D eigenvalue weighted by molar-refractivity contribution is -0.115. The first-order chi connectivity index (χ1) is 20.2. The van der Waals surface area contributed by atoms with Gasteiger partial charge in [0.2, 0.25) is 5.91 Å². The number of para-hydroxylation sites is 1. The lowest BCUT2D eigenvalue weighted by atomic mass is 10.0. The summed E-state index contributed by atoms with van der Waals surface area (Å²) in [4.78, 5) is 29.1. The van der Waals surface area contributed by atoms with Gasteiger partial charge < -0.3 is 10.3 Å². The Morgan fingerprint density at radius 3 is 2.64 bits per heavy atom. The summed E-state index contributed by atoms with van der Waals surface area (Å²) >= 11 is 0. The Balaban J connectivity index is 1.39. The number of aromatic amines is 2. The van der Waals surface area contributed by atoms with Crippen molar-refractivity contribution in [2.75, 3.05) is 17.3 Å². The number of nitrogens with zero attached hydrogens (tertiary/aromatic N) is 4. The van der Waals surface area contributed by atoms with Crippen molar-refractivity contribution in [3.8, 4) is 33.9 Å². The zero-order chi connectivity index (χ0) is 29.4. The molecule has 6 aromatic rings. The van der Waals surface area contributed by atoms with Crippen LogP contribution in [0.3, 0.4) is 0 Å². The van der Waals surface area contributed by atoms with Crippen LogP contribution in [0.5, 0.6) is 0 Å². The van der Waals surface area contributed by atoms with Crippen molar-refractivity contribution in [2.24, 2.45) is 0 Å². The summed E-state index contributed by atoms with van der Waals surface area (Å²) in [6, 6.07) is 15.6. The SMILES string of the molecule is CCC(=O)Nc1cncc(-c2ccc3[nH]nc(-c4nc5c(-c6cc(F)cc(CCS(C)(=O)=O)c6)cccc5[nH]4)c3n2)c1. The number of H-pyrrole nitrogens is 2. The van der Waals surface area contributed by atoms with E-state index in [-0.39, 0.29) is 18.1 Å². The topological polar surface area (TPSA) is 146 Å². The molecule has 0 saturated heterocycles. The molecule has 0 saturated carbocycles. The number of fused-ring (bicyclic) bond motifs is 2. The molecule has 0 fully saturated rings. The fourth-order valence-corrected chi connectivity index (χ4v) is 5.36. The van der Waals surface area contributed by atoms with Gasteiger partial charge in [-0.3, -0.25) is 14.9 Å². The molecule has 1 amide bonds. The molecule has 6 rings (SSSR count). The zero-order valence-electron chi connectivity index (χ0n) is 22.8. The molecule has 4 heterocycles. The van der Waals surface area contributed by atoms with Crippen LogP contribution in [-0.2, 0) is 21.1 Å². The van der Waals surface area contributed by atoms with Crippen molar-refractivity contribution < 1.29 is 17.6 Å². The lowest BCUT2D eigenvalue weighted by Crippen LogP contribution is -2.09. The fraction of sp³-hybridized carbons (Fsp3) is 0.167. The number of pyridine rings is 2. The molecule has 0 radical (unpaired) electrons. The average Bonchev–Trinajstić information content (AvgIpc) is 3.59. The van der Waals surface area contributed by atoms with Gasteiger partial charge in [0.1, 0.15) is 21.2 Å². The number of hydrogen-bond donors (Lipinski definition) is 3. The van der Waals surface area contributed by atoms with Crippen LogP contribution in [0, 0.1) is 5.82 Å². The van der Waals surface area contributed by atoms with E-state index in [9.17, 15) is 17.6 Å². The number of amides is 1. The number of anilines is 1. The van der Waals surface area contributed by atoms with E-state index < -0.39 is 15.7 Å². The summed E-state index contributed by atoms with van der Waals surface area (Å²) in [5.74, 6) is -0.153. The van der Waals surface area contributed by atoms with Crippen LogP contribution < -0.4 is 5.32 Å². The second-order valence-electron chi connectivity index (χ2n) is 10.0. The average molecular weight is 584 g/mol. The molecule has 0 aliphatic rings. The number of hydrogen-bond acceptors (Lipinski definition) is 7. The maximum absolute atomic E-state index is 14.6. The normalized spacial score (nSPS) is 11.8. The minimum atomic E-state index is -3.19. The number of imidazole rings is 1. The van der Waals surface area contributed by atoms with E-state index in [0.29, 0.717) is 62.6 Å². The van der Waals surface area contributed by atoms with Crippen LogP contribution in [-0.4, -0.2) is 56.5 Å². The Morgan fingerprint density at radius 1 is 0.976 bits per heavy atom. The molecule has 4 aromatic heterocycles. The number of benzene rings is 2. The first-order valence-corrected chi connectivity index (χ1v) is 15.3. The van der Waals surface area contributed by atoms with Gasteiger partial charge >= 0.3 is 0 Å². The third kappa shape index (κ3) is 5.61. The van der Waals surface area contributed by atoms with E-state index in [1.54, 1.807) is 25.4 Å². The van der Waals surface area contributed by atoms with E-state index in [2.05, 4.69) is 25.5 Å². The van der Waals surface area contributed by atoms with Gasteiger partial charge in [0.25, 0.3) is 0 Å². The predicted molar refractivity (Wildman–Crippen MR) is 160 cm³/mol. The lowest BCUT2D eigenvalue weighted by Gasteiger charge is -2.07. The van der Waals surface area contributed by atoms with Crippen molar-refractivity contribution in [2.45, 2.75) is 19.8 Å². The molecule has 10 nitrogen and oxygen atoms in total. The summed E-state index contributed by atoms with van der Waals surface area (Å²) in [6.07, 6.45) is 4.98. The summed E-state index contributed by atoms with van der Waals surface area (Å²) in [6.45, 7) is 1.78. The number of carbonyl (C=O) groups excluding carboxylic acids is 1. The number of carbonyl (C=O) groups is 1. The number of aryl methyl sites for hydroxylation is 1. The van der Waals surface area contributed by atoms with Gasteiger partial charge in [-0.2, -0.15) is 5.10 Å². The van der Waals surface area contributed by atoms with Crippen molar-refractivity contribution in [3.05, 3.63) is 78.4 Å². The molecule has 0 aliphatic heterocycles. The highest BCUT2D eigenvalue weighted by atomic mass is 32.2. The molecule has 0 spiro atoms. The van der Waals surface area contributed by atoms with Gasteiger partial charge in [0.15, 0.2) is 11.5 Å². The fourth-order valence-electron chi connectivity index (χ4n) is 4.75. The van der Waals surface area contributed by atoms with Crippen molar-refractivity contribution in [1.82, 2.24) is 30.1 Å². The third-order valence-electron chi connectivity index (χ3n) is 6.81. The van der Waals surface area contributed by atoms with Crippen LogP contribution in [0.2, 0.25) is 0 Å². The van der Waals surface area contributed by atoms with E-state index in [1.165, 1.54) is 12.1 Å². The largest absolute Gasteiger partial charge is 0.336 e. The van der Waals surface area contributed by atoms with E-state index in [1.807, 2.05) is 36.4 Å². The zero-order valence-corrected chi connectivity index (χ0v) is 23.6. The first kappa shape index (κ1) is 27.2. The molecular weight excluding hydrogens is 557 g/mol. The standard InChI is InChI=1S/C30H26FN7O3S/c1-3-26(39)33-21-14-19(15-32-16-21)23-7-8-25-28(34-23)29(38-37-25)30-35-24-6-4-5-22(27(24)36-30)18-11-17(12-20(31)13-18)9-10-42(2,40)41/h4-8,11-16H,3,9-10H2,1-2H3,(H,33,39)(H,35,36)(H,37,38). The van der Waals surface area contributed by atoms with Gasteiger partial charge in [-0.1, -0.05) is 25.1 Å². The summed E-state index contributed by atoms with van der Waals surface area (Å²) in [5, 5.41) is 10.3. The molecule has 12 heteroatoms. The molecular formula is C30H26FN7O3S. The van der Waals surface area contributed by atoms with Crippen LogP contribution in [0.1, 0.15) is 18.9 Å². The monoisotopic (exact) mass is 583 g/mol. The van der Waals surface area contributed by atoms with Crippen LogP contribution in [0.15, 0.2) is 67.0 Å². The van der Waals surface area contributed by atoms with Gasteiger partial charge in [-0.05, 0) is 53.9 Å². The highest BCUT2D eigenvalue weighted by Crippen LogP contribution is 2.33. The summed E-state index contributed by atoms with van der Waals surface area (Å²) in [5.41, 5.74) is 6.96. The van der Waals surface area contributed by atoms with Crippen molar-refractivity contribution in [3.63, 3.8) is 0 Å². The highest BCUT2D eigenvalue weighted by molar-refractivity contribution is 7.90. The quantitative estimate of drug-likeness (QED) is 0.220. The van der Waals surface area contributed by atoms with Crippen LogP contribution in [0.25, 0.3) is 56.0 Å². The molecule has 0 atom stereocenters. The highest BCUT2D eigenvalue weighted by Gasteiger charge is 2.18. The smallest absolute Gasteiger partial charge is 0.224 e. The Bertz CT molecular complexity index is 2090. The molecule has 3 N–H and O–H groups in total. The minimum absolute atomic E-state index is 0.0679.